The molecule has 0 aliphatic carbocycles. The molecular weight excluding hydrogens is 297 g/mol. The van der Waals surface area contributed by atoms with Crippen molar-refractivity contribution in [2.45, 2.75) is 64.7 Å². The average molecular weight is 325 g/mol. The van der Waals surface area contributed by atoms with E-state index in [4.69, 9.17) is 0 Å². The summed E-state index contributed by atoms with van der Waals surface area (Å²) in [6.07, 6.45) is 12.6. The molecule has 92 valence electrons. The maximum absolute atomic E-state index is 3.52. The van der Waals surface area contributed by atoms with E-state index in [1.807, 2.05) is 0 Å². The second-order valence-corrected chi connectivity index (χ2v) is 5.35. The van der Waals surface area contributed by atoms with Gasteiger partial charge in [-0.15, -0.1) is 0 Å². The molecule has 0 atom stereocenters. The van der Waals surface area contributed by atoms with Gasteiger partial charge < -0.3 is 5.32 Å². The first-order chi connectivity index (χ1) is 7.41. The van der Waals surface area contributed by atoms with Crippen molar-refractivity contribution in [3.05, 3.63) is 0 Å². The van der Waals surface area contributed by atoms with Crippen LogP contribution in [-0.4, -0.2) is 17.5 Å². The Labute approximate surface area is 110 Å². The highest BCUT2D eigenvalue weighted by Gasteiger charge is 1.91. The smallest absolute Gasteiger partial charge is 0.000426 e. The summed E-state index contributed by atoms with van der Waals surface area (Å²) in [6.45, 7) is 4.73. The number of hydrogen-bond donors (Lipinski definition) is 1. The number of nitrogens with one attached hydrogen (secondary N) is 1. The number of alkyl halides is 1. The SMILES string of the molecule is CCCCCCCCCNCCCCI. The van der Waals surface area contributed by atoms with E-state index in [-0.39, 0.29) is 0 Å². The number of unbranched alkanes of at least 4 members (excludes halogenated alkanes) is 7. The molecule has 0 spiro atoms. The maximum atomic E-state index is 3.52. The van der Waals surface area contributed by atoms with E-state index >= 15 is 0 Å². The van der Waals surface area contributed by atoms with Crippen molar-refractivity contribution in [1.29, 1.82) is 0 Å². The van der Waals surface area contributed by atoms with Crippen molar-refractivity contribution in [3.63, 3.8) is 0 Å². The molecule has 0 amide bonds. The van der Waals surface area contributed by atoms with Gasteiger partial charge in [-0.2, -0.15) is 0 Å². The van der Waals surface area contributed by atoms with E-state index in [0.717, 1.165) is 0 Å². The summed E-state index contributed by atoms with van der Waals surface area (Å²) in [5.41, 5.74) is 0. The van der Waals surface area contributed by atoms with Gasteiger partial charge in [-0.05, 0) is 36.8 Å². The van der Waals surface area contributed by atoms with Crippen LogP contribution in [-0.2, 0) is 0 Å². The van der Waals surface area contributed by atoms with Crippen LogP contribution in [0.25, 0.3) is 0 Å². The Morgan fingerprint density at radius 2 is 1.27 bits per heavy atom. The quantitative estimate of drug-likeness (QED) is 0.315. The highest BCUT2D eigenvalue weighted by atomic mass is 127. The van der Waals surface area contributed by atoms with Crippen molar-refractivity contribution in [1.82, 2.24) is 5.32 Å². The molecule has 1 nitrogen and oxygen atoms in total. The average Bonchev–Trinajstić information content (AvgIpc) is 2.26. The lowest BCUT2D eigenvalue weighted by Crippen LogP contribution is -2.16. The lowest BCUT2D eigenvalue weighted by atomic mass is 10.1. The molecular formula is C13H28IN. The summed E-state index contributed by atoms with van der Waals surface area (Å²) in [4.78, 5) is 0. The fraction of sp³-hybridized carbons (Fsp3) is 1.00. The summed E-state index contributed by atoms with van der Waals surface area (Å²) in [7, 11) is 0. The third-order valence-corrected chi connectivity index (χ3v) is 3.46. The monoisotopic (exact) mass is 325 g/mol. The zero-order valence-electron chi connectivity index (χ0n) is 10.4. The topological polar surface area (TPSA) is 12.0 Å². The second-order valence-electron chi connectivity index (χ2n) is 4.27. The summed E-state index contributed by atoms with van der Waals surface area (Å²) in [5, 5.41) is 3.52. The highest BCUT2D eigenvalue weighted by molar-refractivity contribution is 14.1. The summed E-state index contributed by atoms with van der Waals surface area (Å²) in [5.74, 6) is 0. The molecule has 0 bridgehead atoms. The van der Waals surface area contributed by atoms with Gasteiger partial charge in [-0.25, -0.2) is 0 Å². The van der Waals surface area contributed by atoms with Crippen LogP contribution >= 0.6 is 22.6 Å². The molecule has 2 heteroatoms. The first-order valence-corrected chi connectivity index (χ1v) is 8.21. The largest absolute Gasteiger partial charge is 0.317 e. The van der Waals surface area contributed by atoms with Crippen molar-refractivity contribution in [2.24, 2.45) is 0 Å². The van der Waals surface area contributed by atoms with Gasteiger partial charge in [0, 0.05) is 0 Å². The fourth-order valence-corrected chi connectivity index (χ4v) is 2.22. The molecule has 15 heavy (non-hydrogen) atoms. The first-order valence-electron chi connectivity index (χ1n) is 6.68. The summed E-state index contributed by atoms with van der Waals surface area (Å²) >= 11 is 2.45. The Morgan fingerprint density at radius 3 is 1.87 bits per heavy atom. The zero-order chi connectivity index (χ0) is 11.2. The van der Waals surface area contributed by atoms with Crippen molar-refractivity contribution < 1.29 is 0 Å². The van der Waals surface area contributed by atoms with Crippen molar-refractivity contribution >= 4 is 22.6 Å². The first kappa shape index (κ1) is 15.7. The molecule has 0 radical (unpaired) electrons. The van der Waals surface area contributed by atoms with Gasteiger partial charge in [-0.3, -0.25) is 0 Å². The van der Waals surface area contributed by atoms with Crippen LogP contribution in [0.3, 0.4) is 0 Å². The Balaban J connectivity index is 2.81. The van der Waals surface area contributed by atoms with Crippen molar-refractivity contribution in [3.8, 4) is 0 Å². The number of rotatable bonds is 12. The molecule has 0 aromatic rings. The van der Waals surface area contributed by atoms with Gasteiger partial charge in [0.25, 0.3) is 0 Å². The normalized spacial score (nSPS) is 10.8. The van der Waals surface area contributed by atoms with E-state index in [1.165, 1.54) is 75.3 Å². The van der Waals surface area contributed by atoms with Gasteiger partial charge in [0.05, 0.1) is 0 Å². The van der Waals surface area contributed by atoms with E-state index in [9.17, 15) is 0 Å². The van der Waals surface area contributed by atoms with Gasteiger partial charge in [0.1, 0.15) is 0 Å². The second kappa shape index (κ2) is 14.7. The third-order valence-electron chi connectivity index (χ3n) is 2.69. The van der Waals surface area contributed by atoms with Crippen LogP contribution in [0, 0.1) is 0 Å². The van der Waals surface area contributed by atoms with Gasteiger partial charge in [0.15, 0.2) is 0 Å². The Hall–Kier alpha value is 0.690. The third kappa shape index (κ3) is 14.7. The Bertz CT molecular complexity index is 94.7. The molecule has 0 aliphatic heterocycles. The highest BCUT2D eigenvalue weighted by Crippen LogP contribution is 2.06. The van der Waals surface area contributed by atoms with Crippen LogP contribution in [0.4, 0.5) is 0 Å². The van der Waals surface area contributed by atoms with Crippen LogP contribution in [0.2, 0.25) is 0 Å². The van der Waals surface area contributed by atoms with Gasteiger partial charge in [0.2, 0.25) is 0 Å². The van der Waals surface area contributed by atoms with Gasteiger partial charge in [-0.1, -0.05) is 68.0 Å². The van der Waals surface area contributed by atoms with Crippen LogP contribution in [0.5, 0.6) is 0 Å². The molecule has 0 heterocycles. The number of halogens is 1. The van der Waals surface area contributed by atoms with E-state index in [2.05, 4.69) is 34.8 Å². The maximum Gasteiger partial charge on any atom is -0.000426 e. The van der Waals surface area contributed by atoms with Crippen LogP contribution in [0.1, 0.15) is 64.7 Å². The fourth-order valence-electron chi connectivity index (χ4n) is 1.68. The molecule has 0 fully saturated rings. The minimum absolute atomic E-state index is 1.22. The van der Waals surface area contributed by atoms with Crippen LogP contribution < -0.4 is 5.32 Å². The lowest BCUT2D eigenvalue weighted by molar-refractivity contribution is 0.556. The molecule has 0 rings (SSSR count). The summed E-state index contributed by atoms with van der Waals surface area (Å²) < 4.78 is 1.30. The molecule has 0 unspecified atom stereocenters. The van der Waals surface area contributed by atoms with Gasteiger partial charge >= 0.3 is 0 Å². The molecule has 1 N–H and O–H groups in total. The molecule has 0 aromatic carbocycles. The van der Waals surface area contributed by atoms with Crippen LogP contribution in [0.15, 0.2) is 0 Å². The minimum Gasteiger partial charge on any atom is -0.317 e. The van der Waals surface area contributed by atoms with E-state index in [0.29, 0.717) is 0 Å². The predicted octanol–water partition coefficient (Wildman–Crippen LogP) is 4.54. The Kier molecular flexibility index (Phi) is 15.4. The molecule has 0 aliphatic rings. The standard InChI is InChI=1S/C13H28IN/c1-2-3-4-5-6-7-9-12-15-13-10-8-11-14/h15H,2-13H2,1H3. The Morgan fingerprint density at radius 1 is 0.733 bits per heavy atom. The molecule has 0 saturated heterocycles. The minimum atomic E-state index is 1.22. The predicted molar refractivity (Wildman–Crippen MR) is 79.0 cm³/mol. The summed E-state index contributed by atoms with van der Waals surface area (Å²) in [6, 6.07) is 0. The molecule has 0 aromatic heterocycles. The number of hydrogen-bond acceptors (Lipinski definition) is 1. The van der Waals surface area contributed by atoms with E-state index < -0.39 is 0 Å². The van der Waals surface area contributed by atoms with E-state index in [1.54, 1.807) is 0 Å². The zero-order valence-corrected chi connectivity index (χ0v) is 12.5. The lowest BCUT2D eigenvalue weighted by Gasteiger charge is -2.03. The molecule has 0 saturated carbocycles. The van der Waals surface area contributed by atoms with Crippen molar-refractivity contribution in [2.75, 3.05) is 17.5 Å².